The molecule has 0 fully saturated rings. The third kappa shape index (κ3) is 4.04. The Balaban J connectivity index is 1.91. The summed E-state index contributed by atoms with van der Waals surface area (Å²) in [5.41, 5.74) is 2.35. The van der Waals surface area contributed by atoms with Crippen LogP contribution in [0.15, 0.2) is 65.3 Å². The van der Waals surface area contributed by atoms with Gasteiger partial charge in [0.2, 0.25) is 0 Å². The summed E-state index contributed by atoms with van der Waals surface area (Å²) in [5.74, 6) is 0.0557. The fourth-order valence-electron chi connectivity index (χ4n) is 2.99. The standard InChI is InChI=1S/C23H20N2O4/c1-15-18(22(26)25(2)23(27)19(15)13-24)11-17-9-10-20(21(12-17)28-3)29-14-16-7-5-4-6-8-16/h4-12H,14H2,1-3H3/b18-11+. The number of rotatable bonds is 5. The molecule has 3 rings (SSSR count). The number of carbonyl (C=O) groups excluding carboxylic acids is 2. The van der Waals surface area contributed by atoms with Crippen LogP contribution in [0.4, 0.5) is 0 Å². The monoisotopic (exact) mass is 388 g/mol. The maximum atomic E-state index is 12.5. The molecule has 0 aromatic heterocycles. The Morgan fingerprint density at radius 1 is 1.07 bits per heavy atom. The van der Waals surface area contributed by atoms with E-state index in [1.807, 2.05) is 36.4 Å². The molecule has 1 aliphatic heterocycles. The van der Waals surface area contributed by atoms with Crippen LogP contribution < -0.4 is 9.47 Å². The van der Waals surface area contributed by atoms with Crippen molar-refractivity contribution in [3.63, 3.8) is 0 Å². The van der Waals surface area contributed by atoms with Gasteiger partial charge in [0.25, 0.3) is 11.8 Å². The van der Waals surface area contributed by atoms with Crippen LogP contribution in [0.25, 0.3) is 6.08 Å². The van der Waals surface area contributed by atoms with Crippen LogP contribution in [0.1, 0.15) is 18.1 Å². The maximum Gasteiger partial charge on any atom is 0.271 e. The molecule has 2 aromatic rings. The summed E-state index contributed by atoms with van der Waals surface area (Å²) < 4.78 is 11.3. The Bertz CT molecular complexity index is 1060. The van der Waals surface area contributed by atoms with Crippen molar-refractivity contribution in [2.75, 3.05) is 14.2 Å². The summed E-state index contributed by atoms with van der Waals surface area (Å²) in [6, 6.07) is 17.0. The predicted octanol–water partition coefficient (Wildman–Crippen LogP) is 3.50. The number of amides is 2. The zero-order valence-electron chi connectivity index (χ0n) is 16.4. The molecule has 0 N–H and O–H groups in total. The Morgan fingerprint density at radius 2 is 1.79 bits per heavy atom. The fraction of sp³-hybridized carbons (Fsp3) is 0.174. The molecule has 0 bridgehead atoms. The summed E-state index contributed by atoms with van der Waals surface area (Å²) in [4.78, 5) is 25.6. The van der Waals surface area contributed by atoms with Gasteiger partial charge in [0, 0.05) is 12.6 Å². The Morgan fingerprint density at radius 3 is 2.45 bits per heavy atom. The molecule has 6 heteroatoms. The summed E-state index contributed by atoms with van der Waals surface area (Å²) >= 11 is 0. The molecule has 2 amide bonds. The summed E-state index contributed by atoms with van der Waals surface area (Å²) in [7, 11) is 2.90. The van der Waals surface area contributed by atoms with Crippen LogP contribution in [0.5, 0.6) is 11.5 Å². The first kappa shape index (κ1) is 19.9. The van der Waals surface area contributed by atoms with Crippen LogP contribution in [0.3, 0.4) is 0 Å². The molecule has 146 valence electrons. The molecule has 6 nitrogen and oxygen atoms in total. The molecule has 2 aromatic carbocycles. The number of imide groups is 1. The molecule has 0 spiro atoms. The van der Waals surface area contributed by atoms with E-state index in [0.717, 1.165) is 10.5 Å². The van der Waals surface area contributed by atoms with Gasteiger partial charge in [-0.2, -0.15) is 5.26 Å². The highest BCUT2D eigenvalue weighted by atomic mass is 16.5. The van der Waals surface area contributed by atoms with Crippen LogP contribution in [-0.2, 0) is 16.2 Å². The second-order valence-corrected chi connectivity index (χ2v) is 6.52. The minimum Gasteiger partial charge on any atom is -0.493 e. The molecule has 1 heterocycles. The molecule has 1 aliphatic rings. The molecule has 0 unspecified atom stereocenters. The van der Waals surface area contributed by atoms with Crippen molar-refractivity contribution in [1.29, 1.82) is 5.26 Å². The van der Waals surface area contributed by atoms with Gasteiger partial charge in [-0.05, 0) is 41.8 Å². The lowest BCUT2D eigenvalue weighted by Crippen LogP contribution is -2.39. The number of nitriles is 1. The molecular weight excluding hydrogens is 368 g/mol. The summed E-state index contributed by atoms with van der Waals surface area (Å²) in [6.45, 7) is 2.00. The number of likely N-dealkylation sites (N-methyl/N-ethyl adjacent to an activating group) is 1. The molecule has 0 saturated carbocycles. The van der Waals surface area contributed by atoms with E-state index in [-0.39, 0.29) is 5.57 Å². The lowest BCUT2D eigenvalue weighted by molar-refractivity contribution is -0.138. The molecule has 0 saturated heterocycles. The van der Waals surface area contributed by atoms with Crippen molar-refractivity contribution < 1.29 is 19.1 Å². The molecule has 0 aliphatic carbocycles. The van der Waals surface area contributed by atoms with Crippen LogP contribution in [0, 0.1) is 11.3 Å². The van der Waals surface area contributed by atoms with Crippen molar-refractivity contribution >= 4 is 17.9 Å². The third-order valence-corrected chi connectivity index (χ3v) is 4.68. The van der Waals surface area contributed by atoms with Gasteiger partial charge < -0.3 is 9.47 Å². The SMILES string of the molecule is COc1cc(/C=C2/C(=O)N(C)C(=O)C(C#N)=C2C)ccc1OCc1ccccc1. The lowest BCUT2D eigenvalue weighted by atomic mass is 9.94. The van der Waals surface area contributed by atoms with Gasteiger partial charge in [-0.1, -0.05) is 36.4 Å². The first-order valence-corrected chi connectivity index (χ1v) is 8.96. The van der Waals surface area contributed by atoms with Gasteiger partial charge in [0.05, 0.1) is 7.11 Å². The van der Waals surface area contributed by atoms with E-state index in [1.54, 1.807) is 38.3 Å². The smallest absolute Gasteiger partial charge is 0.271 e. The average molecular weight is 388 g/mol. The topological polar surface area (TPSA) is 79.6 Å². The number of nitrogens with zero attached hydrogens (tertiary/aromatic N) is 2. The predicted molar refractivity (Wildman–Crippen MR) is 108 cm³/mol. The van der Waals surface area contributed by atoms with E-state index in [0.29, 0.717) is 34.8 Å². The highest BCUT2D eigenvalue weighted by Gasteiger charge is 2.32. The zero-order valence-corrected chi connectivity index (χ0v) is 16.4. The first-order valence-electron chi connectivity index (χ1n) is 8.96. The van der Waals surface area contributed by atoms with Crippen LogP contribution >= 0.6 is 0 Å². The van der Waals surface area contributed by atoms with Crippen molar-refractivity contribution in [3.8, 4) is 17.6 Å². The second-order valence-electron chi connectivity index (χ2n) is 6.52. The quantitative estimate of drug-likeness (QED) is 0.579. The van der Waals surface area contributed by atoms with E-state index in [1.165, 1.54) is 7.05 Å². The number of methoxy groups -OCH3 is 1. The van der Waals surface area contributed by atoms with E-state index in [4.69, 9.17) is 9.47 Å². The van der Waals surface area contributed by atoms with E-state index >= 15 is 0 Å². The third-order valence-electron chi connectivity index (χ3n) is 4.68. The van der Waals surface area contributed by atoms with E-state index in [9.17, 15) is 14.9 Å². The van der Waals surface area contributed by atoms with Gasteiger partial charge in [-0.3, -0.25) is 14.5 Å². The fourth-order valence-corrected chi connectivity index (χ4v) is 2.99. The number of benzene rings is 2. The number of carbonyl (C=O) groups is 2. The molecular formula is C23H20N2O4. The van der Waals surface area contributed by atoms with Gasteiger partial charge in [-0.25, -0.2) is 0 Å². The van der Waals surface area contributed by atoms with Crippen LogP contribution in [-0.4, -0.2) is 30.9 Å². The van der Waals surface area contributed by atoms with Crippen molar-refractivity contribution in [3.05, 3.63) is 76.4 Å². The Labute approximate surface area is 169 Å². The maximum absolute atomic E-state index is 12.5. The molecule has 0 atom stereocenters. The van der Waals surface area contributed by atoms with Crippen molar-refractivity contribution in [2.45, 2.75) is 13.5 Å². The molecule has 29 heavy (non-hydrogen) atoms. The van der Waals surface area contributed by atoms with E-state index in [2.05, 4.69) is 0 Å². The highest BCUT2D eigenvalue weighted by Crippen LogP contribution is 2.31. The second kappa shape index (κ2) is 8.44. The van der Waals surface area contributed by atoms with Gasteiger partial charge in [0.15, 0.2) is 11.5 Å². The van der Waals surface area contributed by atoms with Gasteiger partial charge in [-0.15, -0.1) is 0 Å². The average Bonchev–Trinajstić information content (AvgIpc) is 2.75. The van der Waals surface area contributed by atoms with E-state index < -0.39 is 11.8 Å². The number of hydrogen-bond acceptors (Lipinski definition) is 5. The summed E-state index contributed by atoms with van der Waals surface area (Å²) in [6.07, 6.45) is 1.64. The first-order chi connectivity index (χ1) is 14.0. The van der Waals surface area contributed by atoms with Gasteiger partial charge >= 0.3 is 0 Å². The zero-order chi connectivity index (χ0) is 21.0. The number of ether oxygens (including phenoxy) is 2. The van der Waals surface area contributed by atoms with Crippen LogP contribution in [0.2, 0.25) is 0 Å². The highest BCUT2D eigenvalue weighted by molar-refractivity contribution is 6.19. The normalized spacial score (nSPS) is 15.5. The minimum absolute atomic E-state index is 0.0341. The van der Waals surface area contributed by atoms with Crippen molar-refractivity contribution in [2.24, 2.45) is 0 Å². The van der Waals surface area contributed by atoms with Gasteiger partial charge in [0.1, 0.15) is 18.2 Å². The molecule has 0 radical (unpaired) electrons. The lowest BCUT2D eigenvalue weighted by Gasteiger charge is -2.23. The largest absolute Gasteiger partial charge is 0.493 e. The number of hydrogen-bond donors (Lipinski definition) is 0. The van der Waals surface area contributed by atoms with Crippen molar-refractivity contribution in [1.82, 2.24) is 4.90 Å². The Hall–Kier alpha value is -3.85. The Kier molecular flexibility index (Phi) is 5.79. The minimum atomic E-state index is -0.589. The summed E-state index contributed by atoms with van der Waals surface area (Å²) in [5, 5.41) is 9.26.